The summed E-state index contributed by atoms with van der Waals surface area (Å²) >= 11 is 6.52. The lowest BCUT2D eigenvalue weighted by Gasteiger charge is -2.60. The molecule has 4 aliphatic rings. The molecule has 0 bridgehead atoms. The first kappa shape index (κ1) is 23.2. The Hall–Kier alpha value is -0.0100. The van der Waals surface area contributed by atoms with Crippen LogP contribution >= 0.6 is 11.6 Å². The number of fused-ring (bicyclic) bond motifs is 5. The first-order valence-electron chi connectivity index (χ1n) is 13.1. The minimum absolute atomic E-state index is 0.180. The van der Waals surface area contributed by atoms with E-state index in [1.54, 1.807) is 5.57 Å². The van der Waals surface area contributed by atoms with Gasteiger partial charge in [-0.3, -0.25) is 0 Å². The average molecular weight is 435 g/mol. The molecule has 3 fully saturated rings. The maximum atomic E-state index is 10.5. The Labute approximate surface area is 191 Å². The Morgan fingerprint density at radius 2 is 1.87 bits per heavy atom. The van der Waals surface area contributed by atoms with Gasteiger partial charge in [0.1, 0.15) is 0 Å². The van der Waals surface area contributed by atoms with Crippen molar-refractivity contribution in [2.75, 3.05) is 5.88 Å². The summed E-state index contributed by atoms with van der Waals surface area (Å²) < 4.78 is 0. The van der Waals surface area contributed by atoms with Crippen molar-refractivity contribution in [3.05, 3.63) is 11.6 Å². The minimum Gasteiger partial charge on any atom is -0.393 e. The SMILES string of the molecule is CC(C)CCC[C@@H](C)[C@H]1CC[C@H]2[C@@H]3CC=C4C[C@@H](O)CC(CCl)[C@@]4(C)[C@H]3CC[C@]12C. The number of halogens is 1. The zero-order chi connectivity index (χ0) is 21.7. The van der Waals surface area contributed by atoms with E-state index in [2.05, 4.69) is 40.7 Å². The highest BCUT2D eigenvalue weighted by Gasteiger charge is 2.60. The molecular formula is C28H47ClO. The summed E-state index contributed by atoms with van der Waals surface area (Å²) in [5.74, 6) is 6.29. The van der Waals surface area contributed by atoms with Crippen molar-refractivity contribution in [3.8, 4) is 0 Å². The molecule has 1 N–H and O–H groups in total. The molecule has 3 saturated carbocycles. The van der Waals surface area contributed by atoms with E-state index in [0.717, 1.165) is 48.3 Å². The maximum Gasteiger partial charge on any atom is 0.0580 e. The molecule has 4 rings (SSSR count). The molecule has 172 valence electrons. The number of hydrogen-bond donors (Lipinski definition) is 1. The van der Waals surface area contributed by atoms with Crippen LogP contribution in [0.3, 0.4) is 0 Å². The molecule has 0 radical (unpaired) electrons. The molecule has 0 spiro atoms. The smallest absolute Gasteiger partial charge is 0.0580 e. The van der Waals surface area contributed by atoms with E-state index < -0.39 is 0 Å². The molecule has 1 nitrogen and oxygen atoms in total. The molecule has 30 heavy (non-hydrogen) atoms. The third kappa shape index (κ3) is 3.72. The molecular weight excluding hydrogens is 388 g/mol. The Bertz CT molecular complexity index is 641. The summed E-state index contributed by atoms with van der Waals surface area (Å²) in [6.07, 6.45) is 15.4. The molecule has 0 aromatic heterocycles. The van der Waals surface area contributed by atoms with Gasteiger partial charge in [-0.1, -0.05) is 65.5 Å². The van der Waals surface area contributed by atoms with Crippen molar-refractivity contribution >= 4 is 11.6 Å². The molecule has 0 heterocycles. The van der Waals surface area contributed by atoms with Crippen molar-refractivity contribution in [1.29, 1.82) is 0 Å². The van der Waals surface area contributed by atoms with Gasteiger partial charge >= 0.3 is 0 Å². The third-order valence-corrected chi connectivity index (χ3v) is 11.2. The number of aliphatic hydroxyl groups excluding tert-OH is 1. The number of allylic oxidation sites excluding steroid dienone is 1. The lowest BCUT2D eigenvalue weighted by molar-refractivity contribution is -0.0750. The second-order valence-electron chi connectivity index (χ2n) is 12.6. The Balaban J connectivity index is 1.53. The molecule has 4 aliphatic carbocycles. The molecule has 0 amide bonds. The van der Waals surface area contributed by atoms with Crippen LogP contribution < -0.4 is 0 Å². The number of hydrogen-bond acceptors (Lipinski definition) is 1. The molecule has 0 aromatic rings. The topological polar surface area (TPSA) is 20.2 Å². The van der Waals surface area contributed by atoms with Crippen LogP contribution in [0.25, 0.3) is 0 Å². The van der Waals surface area contributed by atoms with Gasteiger partial charge in [-0.25, -0.2) is 0 Å². The van der Waals surface area contributed by atoms with Crippen molar-refractivity contribution < 1.29 is 5.11 Å². The molecule has 0 aromatic carbocycles. The minimum atomic E-state index is -0.180. The highest BCUT2D eigenvalue weighted by Crippen LogP contribution is 2.68. The van der Waals surface area contributed by atoms with Gasteiger partial charge in [0.05, 0.1) is 6.10 Å². The van der Waals surface area contributed by atoms with Gasteiger partial charge in [0, 0.05) is 5.88 Å². The van der Waals surface area contributed by atoms with E-state index >= 15 is 0 Å². The molecule has 0 saturated heterocycles. The summed E-state index contributed by atoms with van der Waals surface area (Å²) in [5, 5.41) is 10.5. The molecule has 9 atom stereocenters. The quantitative estimate of drug-likeness (QED) is 0.333. The maximum absolute atomic E-state index is 10.5. The van der Waals surface area contributed by atoms with Gasteiger partial charge in [-0.2, -0.15) is 0 Å². The Morgan fingerprint density at radius 1 is 1.10 bits per heavy atom. The van der Waals surface area contributed by atoms with E-state index in [1.165, 1.54) is 51.4 Å². The van der Waals surface area contributed by atoms with Crippen molar-refractivity contribution in [1.82, 2.24) is 0 Å². The van der Waals surface area contributed by atoms with Crippen LogP contribution in [0.1, 0.15) is 98.8 Å². The van der Waals surface area contributed by atoms with Crippen LogP contribution in [-0.2, 0) is 0 Å². The van der Waals surface area contributed by atoms with E-state index in [0.29, 0.717) is 17.2 Å². The van der Waals surface area contributed by atoms with Crippen LogP contribution in [0.15, 0.2) is 11.6 Å². The zero-order valence-corrected chi connectivity index (χ0v) is 21.1. The Kier molecular flexibility index (Phi) is 6.74. The number of rotatable bonds is 6. The van der Waals surface area contributed by atoms with Gasteiger partial charge in [-0.15, -0.1) is 11.6 Å². The summed E-state index contributed by atoms with van der Waals surface area (Å²) in [6.45, 7) is 12.5. The van der Waals surface area contributed by atoms with Gasteiger partial charge in [0.15, 0.2) is 0 Å². The standard InChI is InChI=1S/C28H47ClO/c1-18(2)7-6-8-19(3)24-11-12-25-23-10-9-20-15-22(30)16-21(17-29)28(20,5)26(23)13-14-27(24,25)4/h9,18-19,21-26,30H,6-8,10-17H2,1-5H3/t19-,21?,22-,23+,24-,25+,26+,27-,28+/m1/s1. The zero-order valence-electron chi connectivity index (χ0n) is 20.3. The lowest BCUT2D eigenvalue weighted by atomic mass is 9.45. The predicted octanol–water partition coefficient (Wildman–Crippen LogP) is 7.85. The summed E-state index contributed by atoms with van der Waals surface area (Å²) in [7, 11) is 0. The molecule has 2 heteroatoms. The van der Waals surface area contributed by atoms with E-state index in [9.17, 15) is 5.11 Å². The Morgan fingerprint density at radius 3 is 2.57 bits per heavy atom. The highest BCUT2D eigenvalue weighted by atomic mass is 35.5. The van der Waals surface area contributed by atoms with Crippen LogP contribution in [0, 0.1) is 52.3 Å². The summed E-state index contributed by atoms with van der Waals surface area (Å²) in [5.41, 5.74) is 2.32. The number of alkyl halides is 1. The molecule has 1 unspecified atom stereocenters. The second kappa shape index (κ2) is 8.74. The summed E-state index contributed by atoms with van der Waals surface area (Å²) in [6, 6.07) is 0. The van der Waals surface area contributed by atoms with E-state index in [1.807, 2.05) is 0 Å². The van der Waals surface area contributed by atoms with E-state index in [-0.39, 0.29) is 11.5 Å². The van der Waals surface area contributed by atoms with Crippen LogP contribution in [-0.4, -0.2) is 17.1 Å². The van der Waals surface area contributed by atoms with Crippen molar-refractivity contribution in [2.24, 2.45) is 52.3 Å². The first-order chi connectivity index (χ1) is 14.2. The first-order valence-corrected chi connectivity index (χ1v) is 13.7. The van der Waals surface area contributed by atoms with Crippen molar-refractivity contribution in [3.63, 3.8) is 0 Å². The largest absolute Gasteiger partial charge is 0.393 e. The predicted molar refractivity (Wildman–Crippen MR) is 129 cm³/mol. The van der Waals surface area contributed by atoms with Crippen LogP contribution in [0.2, 0.25) is 0 Å². The highest BCUT2D eigenvalue weighted by molar-refractivity contribution is 6.18. The van der Waals surface area contributed by atoms with Crippen LogP contribution in [0.4, 0.5) is 0 Å². The number of aliphatic hydroxyl groups is 1. The van der Waals surface area contributed by atoms with Gasteiger partial charge in [0.2, 0.25) is 0 Å². The molecule has 0 aliphatic heterocycles. The van der Waals surface area contributed by atoms with Gasteiger partial charge < -0.3 is 5.11 Å². The fourth-order valence-corrected chi connectivity index (χ4v) is 9.57. The normalized spacial score (nSPS) is 46.7. The van der Waals surface area contributed by atoms with E-state index in [4.69, 9.17) is 11.6 Å². The van der Waals surface area contributed by atoms with Gasteiger partial charge in [0.25, 0.3) is 0 Å². The van der Waals surface area contributed by atoms with Crippen molar-refractivity contribution in [2.45, 2.75) is 105 Å². The second-order valence-corrected chi connectivity index (χ2v) is 12.9. The average Bonchev–Trinajstić information content (AvgIpc) is 3.05. The fraction of sp³-hybridized carbons (Fsp3) is 0.929. The fourth-order valence-electron chi connectivity index (χ4n) is 9.12. The lowest BCUT2D eigenvalue weighted by Crippen LogP contribution is -2.54. The summed E-state index contributed by atoms with van der Waals surface area (Å²) in [4.78, 5) is 0. The van der Waals surface area contributed by atoms with Gasteiger partial charge in [-0.05, 0) is 97.2 Å². The monoisotopic (exact) mass is 434 g/mol. The van der Waals surface area contributed by atoms with Crippen LogP contribution in [0.5, 0.6) is 0 Å². The third-order valence-electron chi connectivity index (χ3n) is 10.8.